The van der Waals surface area contributed by atoms with Crippen molar-refractivity contribution in [3.63, 3.8) is 0 Å². The summed E-state index contributed by atoms with van der Waals surface area (Å²) in [7, 11) is 1.28. The summed E-state index contributed by atoms with van der Waals surface area (Å²) in [4.78, 5) is 45.2. The molecule has 11 nitrogen and oxygen atoms in total. The zero-order valence-corrected chi connectivity index (χ0v) is 14.2. The van der Waals surface area contributed by atoms with E-state index >= 15 is 0 Å². The fourth-order valence-corrected chi connectivity index (χ4v) is 2.49. The Bertz CT molecular complexity index is 1180. The van der Waals surface area contributed by atoms with Crippen molar-refractivity contribution in [3.8, 4) is 5.75 Å². The summed E-state index contributed by atoms with van der Waals surface area (Å²) in [5.74, 6) is -0.790. The summed E-state index contributed by atoms with van der Waals surface area (Å²) < 4.78 is 10.1. The van der Waals surface area contributed by atoms with Gasteiger partial charge in [0.2, 0.25) is 0 Å². The molecular weight excluding hydrogens is 374 g/mol. The number of nitrogens with zero attached hydrogens (tertiary/aromatic N) is 2. The fourth-order valence-electron chi connectivity index (χ4n) is 2.49. The molecule has 0 atom stereocenters. The van der Waals surface area contributed by atoms with E-state index in [1.807, 2.05) is 0 Å². The van der Waals surface area contributed by atoms with Crippen LogP contribution in [-0.2, 0) is 0 Å². The third-order valence-corrected chi connectivity index (χ3v) is 3.81. The lowest BCUT2D eigenvalue weighted by Crippen LogP contribution is -2.18. The van der Waals surface area contributed by atoms with Gasteiger partial charge in [-0.2, -0.15) is 0 Å². The molecule has 0 unspecified atom stereocenters. The largest absolute Gasteiger partial charge is 0.496 e. The van der Waals surface area contributed by atoms with Crippen LogP contribution in [0.25, 0.3) is 11.0 Å². The van der Waals surface area contributed by atoms with Gasteiger partial charge in [-0.05, 0) is 18.2 Å². The summed E-state index contributed by atoms with van der Waals surface area (Å²) in [6, 6.07) is 8.26. The van der Waals surface area contributed by atoms with Crippen molar-refractivity contribution in [2.24, 2.45) is 0 Å². The van der Waals surface area contributed by atoms with E-state index < -0.39 is 21.4 Å². The molecule has 3 rings (SSSR count). The maximum atomic E-state index is 12.5. The Morgan fingerprint density at radius 2 is 1.68 bits per heavy atom. The number of nitro groups is 2. The molecule has 0 aliphatic carbocycles. The number of ether oxygens (including phenoxy) is 1. The Kier molecular flexibility index (Phi) is 4.73. The average Bonchev–Trinajstić information content (AvgIpc) is 2.67. The van der Waals surface area contributed by atoms with Gasteiger partial charge in [0.25, 0.3) is 17.3 Å². The number of nitrogens with one attached hydrogen (secondary N) is 1. The number of amides is 1. The number of nitro benzene ring substituents is 2. The van der Waals surface area contributed by atoms with Gasteiger partial charge in [-0.1, -0.05) is 0 Å². The van der Waals surface area contributed by atoms with E-state index in [4.69, 9.17) is 9.15 Å². The van der Waals surface area contributed by atoms with Crippen LogP contribution in [0.4, 0.5) is 17.1 Å². The second kappa shape index (κ2) is 7.15. The molecule has 0 fully saturated rings. The highest BCUT2D eigenvalue weighted by Crippen LogP contribution is 2.26. The van der Waals surface area contributed by atoms with Crippen molar-refractivity contribution in [1.82, 2.24) is 0 Å². The third kappa shape index (κ3) is 3.49. The van der Waals surface area contributed by atoms with Crippen LogP contribution in [0.15, 0.2) is 51.7 Å². The number of carbonyl (C=O) groups excluding carboxylic acids is 1. The van der Waals surface area contributed by atoms with Crippen LogP contribution in [0.5, 0.6) is 5.75 Å². The first-order valence-electron chi connectivity index (χ1n) is 7.66. The first-order chi connectivity index (χ1) is 13.3. The molecule has 1 amide bonds. The van der Waals surface area contributed by atoms with Gasteiger partial charge < -0.3 is 14.5 Å². The summed E-state index contributed by atoms with van der Waals surface area (Å²) in [6.45, 7) is 0. The molecule has 2 aromatic carbocycles. The molecule has 1 heterocycles. The van der Waals surface area contributed by atoms with E-state index in [-0.39, 0.29) is 39.3 Å². The van der Waals surface area contributed by atoms with Gasteiger partial charge in [0.1, 0.15) is 17.0 Å². The van der Waals surface area contributed by atoms with Crippen molar-refractivity contribution in [1.29, 1.82) is 0 Å². The molecule has 1 N–H and O–H groups in total. The Morgan fingerprint density at radius 3 is 2.32 bits per heavy atom. The Labute approximate surface area is 155 Å². The summed E-state index contributed by atoms with van der Waals surface area (Å²) in [5.41, 5.74) is -1.81. The third-order valence-electron chi connectivity index (χ3n) is 3.81. The molecule has 1 aromatic heterocycles. The van der Waals surface area contributed by atoms with Gasteiger partial charge in [-0.3, -0.25) is 25.0 Å². The first kappa shape index (κ1) is 18.5. The zero-order valence-electron chi connectivity index (χ0n) is 14.2. The standard InChI is InChI=1S/C17H11N3O8/c1-27-15-5-3-11(20(25)26)8-12(15)16(21)18-13-7-9-6-10(19(23)24)2-4-14(9)28-17(13)22/h2-8H,1H3,(H,18,21). The Hall–Kier alpha value is -4.28. The van der Waals surface area contributed by atoms with E-state index in [9.17, 15) is 29.8 Å². The molecule has 0 aliphatic rings. The van der Waals surface area contributed by atoms with Crippen LogP contribution >= 0.6 is 0 Å². The lowest BCUT2D eigenvalue weighted by molar-refractivity contribution is -0.385. The molecule has 0 aliphatic heterocycles. The molecule has 0 saturated heterocycles. The van der Waals surface area contributed by atoms with Crippen molar-refractivity contribution < 1.29 is 23.8 Å². The minimum absolute atomic E-state index is 0.0592. The summed E-state index contributed by atoms with van der Waals surface area (Å²) in [6.07, 6.45) is 0. The number of anilines is 1. The second-order valence-corrected chi connectivity index (χ2v) is 5.52. The molecule has 0 radical (unpaired) electrons. The number of carbonyl (C=O) groups is 1. The predicted molar refractivity (Wildman–Crippen MR) is 96.7 cm³/mol. The highest BCUT2D eigenvalue weighted by molar-refractivity contribution is 6.07. The van der Waals surface area contributed by atoms with E-state index in [1.54, 1.807) is 0 Å². The summed E-state index contributed by atoms with van der Waals surface area (Å²) >= 11 is 0. The van der Waals surface area contributed by atoms with E-state index in [0.717, 1.165) is 6.07 Å². The first-order valence-corrected chi connectivity index (χ1v) is 7.66. The monoisotopic (exact) mass is 385 g/mol. The lowest BCUT2D eigenvalue weighted by atomic mass is 10.1. The molecule has 28 heavy (non-hydrogen) atoms. The van der Waals surface area contributed by atoms with Gasteiger partial charge in [0.05, 0.1) is 22.5 Å². The van der Waals surface area contributed by atoms with Crippen molar-refractivity contribution in [3.05, 3.63) is 78.7 Å². The minimum Gasteiger partial charge on any atom is -0.496 e. The van der Waals surface area contributed by atoms with Gasteiger partial charge in [-0.25, -0.2) is 4.79 Å². The fraction of sp³-hybridized carbons (Fsp3) is 0.0588. The number of methoxy groups -OCH3 is 1. The number of hydrogen-bond acceptors (Lipinski definition) is 8. The lowest BCUT2D eigenvalue weighted by Gasteiger charge is -2.09. The Balaban J connectivity index is 2.02. The zero-order chi connectivity index (χ0) is 20.4. The van der Waals surface area contributed by atoms with Crippen molar-refractivity contribution in [2.75, 3.05) is 12.4 Å². The van der Waals surface area contributed by atoms with Crippen molar-refractivity contribution >= 4 is 33.9 Å². The molecule has 3 aromatic rings. The highest BCUT2D eigenvalue weighted by atomic mass is 16.6. The normalized spacial score (nSPS) is 10.5. The number of benzene rings is 2. The predicted octanol–water partition coefficient (Wildman–Crippen LogP) is 2.87. The highest BCUT2D eigenvalue weighted by Gasteiger charge is 2.19. The molecular formula is C17H11N3O8. The maximum absolute atomic E-state index is 12.5. The summed E-state index contributed by atoms with van der Waals surface area (Å²) in [5, 5.41) is 24.3. The average molecular weight is 385 g/mol. The van der Waals surface area contributed by atoms with Crippen LogP contribution < -0.4 is 15.7 Å². The second-order valence-electron chi connectivity index (χ2n) is 5.52. The molecule has 11 heteroatoms. The van der Waals surface area contributed by atoms with Crippen LogP contribution in [0, 0.1) is 20.2 Å². The maximum Gasteiger partial charge on any atom is 0.360 e. The van der Waals surface area contributed by atoms with Crippen LogP contribution in [0.1, 0.15) is 10.4 Å². The van der Waals surface area contributed by atoms with Crippen LogP contribution in [-0.4, -0.2) is 22.9 Å². The molecule has 0 saturated carbocycles. The van der Waals surface area contributed by atoms with E-state index in [2.05, 4.69) is 5.32 Å². The molecule has 0 bridgehead atoms. The quantitative estimate of drug-likeness (QED) is 0.399. The van der Waals surface area contributed by atoms with E-state index in [0.29, 0.717) is 0 Å². The van der Waals surface area contributed by atoms with E-state index in [1.165, 1.54) is 43.5 Å². The topological polar surface area (TPSA) is 155 Å². The van der Waals surface area contributed by atoms with Gasteiger partial charge in [0.15, 0.2) is 0 Å². The van der Waals surface area contributed by atoms with Gasteiger partial charge in [0, 0.05) is 29.7 Å². The molecule has 0 spiro atoms. The Morgan fingerprint density at radius 1 is 1.04 bits per heavy atom. The SMILES string of the molecule is COc1ccc([N+](=O)[O-])cc1C(=O)Nc1cc2cc([N+](=O)[O-])ccc2oc1=O. The van der Waals surface area contributed by atoms with Gasteiger partial charge >= 0.3 is 5.63 Å². The van der Waals surface area contributed by atoms with Crippen LogP contribution in [0.3, 0.4) is 0 Å². The van der Waals surface area contributed by atoms with Crippen LogP contribution in [0.2, 0.25) is 0 Å². The minimum atomic E-state index is -0.890. The van der Waals surface area contributed by atoms with Crippen molar-refractivity contribution in [2.45, 2.75) is 0 Å². The number of hydrogen-bond donors (Lipinski definition) is 1. The number of fused-ring (bicyclic) bond motifs is 1. The number of rotatable bonds is 5. The number of non-ortho nitro benzene ring substituents is 2. The smallest absolute Gasteiger partial charge is 0.360 e. The molecule has 142 valence electrons. The van der Waals surface area contributed by atoms with Gasteiger partial charge in [-0.15, -0.1) is 0 Å².